The maximum Gasteiger partial charge on any atom is 0.224 e. The summed E-state index contributed by atoms with van der Waals surface area (Å²) in [5.41, 5.74) is 2.61. The van der Waals surface area contributed by atoms with E-state index >= 15 is 0 Å². The lowest BCUT2D eigenvalue weighted by molar-refractivity contribution is -0.137. The van der Waals surface area contributed by atoms with Crippen LogP contribution in [-0.2, 0) is 16.0 Å². The maximum atomic E-state index is 13.6. The van der Waals surface area contributed by atoms with Crippen LogP contribution in [0.2, 0.25) is 0 Å². The number of aryl methyl sites for hydroxylation is 1. The number of hydrogen-bond acceptors (Lipinski definition) is 3. The number of ether oxygens (including phenoxy) is 1. The Hall–Kier alpha value is -2.89. The number of amides is 2. The summed E-state index contributed by atoms with van der Waals surface area (Å²) >= 11 is 0. The molecule has 0 spiro atoms. The van der Waals surface area contributed by atoms with Gasteiger partial charge >= 0.3 is 0 Å². The van der Waals surface area contributed by atoms with Crippen LogP contribution >= 0.6 is 0 Å². The van der Waals surface area contributed by atoms with Gasteiger partial charge in [-0.15, -0.1) is 0 Å². The lowest BCUT2D eigenvalue weighted by Gasteiger charge is -2.39. The number of nitrogens with zero attached hydrogens (tertiary/aromatic N) is 1. The third kappa shape index (κ3) is 5.17. The number of likely N-dealkylation sites (tertiary alicyclic amines) is 1. The summed E-state index contributed by atoms with van der Waals surface area (Å²) in [6.45, 7) is 4.17. The number of carbonyl (C=O) groups excluding carboxylic acids is 2. The minimum atomic E-state index is -0.252. The van der Waals surface area contributed by atoms with Crippen LogP contribution in [0, 0.1) is 18.7 Å². The topological polar surface area (TPSA) is 58.6 Å². The monoisotopic (exact) mass is 412 g/mol. The fourth-order valence-electron chi connectivity index (χ4n) is 4.02. The van der Waals surface area contributed by atoms with Crippen molar-refractivity contribution in [2.24, 2.45) is 5.92 Å². The molecule has 6 heteroatoms. The van der Waals surface area contributed by atoms with Crippen molar-refractivity contribution in [3.63, 3.8) is 0 Å². The largest absolute Gasteiger partial charge is 0.497 e. The van der Waals surface area contributed by atoms with Gasteiger partial charge in [-0.3, -0.25) is 9.59 Å². The standard InChI is InChI=1S/C24H29FN2O3/c1-16-14-19(6-10-22(16)25)23-11-7-20(15-27(23)17(2)28)24(29)26-13-12-18-4-8-21(30-3)9-5-18/h4-6,8-10,14,20,23H,7,11-13,15H2,1-3H3,(H,26,29). The predicted molar refractivity (Wildman–Crippen MR) is 114 cm³/mol. The summed E-state index contributed by atoms with van der Waals surface area (Å²) in [6.07, 6.45) is 2.11. The number of carbonyl (C=O) groups is 2. The van der Waals surface area contributed by atoms with Gasteiger partial charge in [0.1, 0.15) is 11.6 Å². The van der Waals surface area contributed by atoms with Gasteiger partial charge < -0.3 is 15.0 Å². The Bertz CT molecular complexity index is 898. The molecule has 1 aliphatic rings. The van der Waals surface area contributed by atoms with Crippen molar-refractivity contribution in [3.05, 3.63) is 65.0 Å². The molecule has 2 aromatic rings. The van der Waals surface area contributed by atoms with Crippen molar-refractivity contribution < 1.29 is 18.7 Å². The summed E-state index contributed by atoms with van der Waals surface area (Å²) < 4.78 is 18.8. The first-order valence-electron chi connectivity index (χ1n) is 10.3. The molecule has 1 N–H and O–H groups in total. The van der Waals surface area contributed by atoms with E-state index in [0.29, 0.717) is 31.5 Å². The maximum absolute atomic E-state index is 13.6. The Kier molecular flexibility index (Phi) is 7.08. The van der Waals surface area contributed by atoms with E-state index in [1.807, 2.05) is 24.3 Å². The molecule has 1 saturated heterocycles. The van der Waals surface area contributed by atoms with Crippen molar-refractivity contribution >= 4 is 11.8 Å². The van der Waals surface area contributed by atoms with E-state index in [9.17, 15) is 14.0 Å². The lowest BCUT2D eigenvalue weighted by atomic mass is 9.88. The minimum Gasteiger partial charge on any atom is -0.497 e. The molecule has 0 aliphatic carbocycles. The number of methoxy groups -OCH3 is 1. The zero-order valence-electron chi connectivity index (χ0n) is 17.8. The fourth-order valence-corrected chi connectivity index (χ4v) is 4.02. The molecule has 0 radical (unpaired) electrons. The van der Waals surface area contributed by atoms with Crippen LogP contribution < -0.4 is 10.1 Å². The summed E-state index contributed by atoms with van der Waals surface area (Å²) in [5.74, 6) is 0.224. The van der Waals surface area contributed by atoms with Crippen molar-refractivity contribution in [2.45, 2.75) is 39.2 Å². The van der Waals surface area contributed by atoms with Crippen LogP contribution in [0.15, 0.2) is 42.5 Å². The first-order chi connectivity index (χ1) is 14.4. The zero-order chi connectivity index (χ0) is 21.7. The molecule has 5 nitrogen and oxygen atoms in total. The molecule has 1 aliphatic heterocycles. The molecule has 2 unspecified atom stereocenters. The molecule has 2 aromatic carbocycles. The van der Waals surface area contributed by atoms with Gasteiger partial charge in [-0.05, 0) is 61.1 Å². The van der Waals surface area contributed by atoms with E-state index in [2.05, 4.69) is 5.32 Å². The smallest absolute Gasteiger partial charge is 0.224 e. The molecule has 1 heterocycles. The highest BCUT2D eigenvalue weighted by atomic mass is 19.1. The van der Waals surface area contributed by atoms with Crippen LogP contribution in [0.25, 0.3) is 0 Å². The number of halogens is 1. The molecule has 160 valence electrons. The normalized spacial score (nSPS) is 18.7. The molecule has 30 heavy (non-hydrogen) atoms. The molecule has 3 rings (SSSR count). The van der Waals surface area contributed by atoms with Gasteiger partial charge in [-0.2, -0.15) is 0 Å². The van der Waals surface area contributed by atoms with Crippen molar-refractivity contribution in [3.8, 4) is 5.75 Å². The highest BCUT2D eigenvalue weighted by molar-refractivity contribution is 5.81. The van der Waals surface area contributed by atoms with Crippen LogP contribution in [-0.4, -0.2) is 36.9 Å². The van der Waals surface area contributed by atoms with Crippen LogP contribution in [0.3, 0.4) is 0 Å². The van der Waals surface area contributed by atoms with Gasteiger partial charge in [0.05, 0.1) is 19.1 Å². The second kappa shape index (κ2) is 9.74. The zero-order valence-corrected chi connectivity index (χ0v) is 17.8. The Balaban J connectivity index is 1.57. The van der Waals surface area contributed by atoms with Gasteiger partial charge in [0.2, 0.25) is 11.8 Å². The number of rotatable bonds is 6. The molecule has 0 saturated carbocycles. The molecule has 0 bridgehead atoms. The lowest BCUT2D eigenvalue weighted by Crippen LogP contribution is -2.46. The van der Waals surface area contributed by atoms with E-state index in [4.69, 9.17) is 4.74 Å². The Morgan fingerprint density at radius 3 is 2.53 bits per heavy atom. The average molecular weight is 413 g/mol. The molecule has 2 amide bonds. The van der Waals surface area contributed by atoms with E-state index in [1.165, 1.54) is 13.0 Å². The molecule has 2 atom stereocenters. The fraction of sp³-hybridized carbons (Fsp3) is 0.417. The van der Waals surface area contributed by atoms with Gasteiger partial charge in [-0.1, -0.05) is 24.3 Å². The number of hydrogen-bond donors (Lipinski definition) is 1. The van der Waals surface area contributed by atoms with Gasteiger partial charge in [0.25, 0.3) is 0 Å². The Morgan fingerprint density at radius 2 is 1.90 bits per heavy atom. The Labute approximate surface area is 177 Å². The van der Waals surface area contributed by atoms with Crippen molar-refractivity contribution in [1.82, 2.24) is 10.2 Å². The van der Waals surface area contributed by atoms with Gasteiger partial charge in [0.15, 0.2) is 0 Å². The predicted octanol–water partition coefficient (Wildman–Crippen LogP) is 3.80. The molecular weight excluding hydrogens is 383 g/mol. The first-order valence-corrected chi connectivity index (χ1v) is 10.3. The molecule has 0 aromatic heterocycles. The van der Waals surface area contributed by atoms with Gasteiger partial charge in [-0.25, -0.2) is 4.39 Å². The summed E-state index contributed by atoms with van der Waals surface area (Å²) in [7, 11) is 1.63. The SMILES string of the molecule is COc1ccc(CCNC(=O)C2CCC(c3ccc(F)c(C)c3)N(C(C)=O)C2)cc1. The van der Waals surface area contributed by atoms with Crippen molar-refractivity contribution in [2.75, 3.05) is 20.2 Å². The molecule has 1 fully saturated rings. The highest BCUT2D eigenvalue weighted by Crippen LogP contribution is 2.34. The van der Waals surface area contributed by atoms with E-state index in [1.54, 1.807) is 31.1 Å². The average Bonchev–Trinajstić information content (AvgIpc) is 2.75. The van der Waals surface area contributed by atoms with E-state index in [-0.39, 0.29) is 29.6 Å². The second-order valence-electron chi connectivity index (χ2n) is 7.86. The van der Waals surface area contributed by atoms with Crippen LogP contribution in [0.1, 0.15) is 42.5 Å². The van der Waals surface area contributed by atoms with Crippen LogP contribution in [0.5, 0.6) is 5.75 Å². The quantitative estimate of drug-likeness (QED) is 0.785. The van der Waals surface area contributed by atoms with E-state index < -0.39 is 0 Å². The number of nitrogens with one attached hydrogen (secondary N) is 1. The van der Waals surface area contributed by atoms with Crippen molar-refractivity contribution in [1.29, 1.82) is 0 Å². The minimum absolute atomic E-state index is 0.0245. The highest BCUT2D eigenvalue weighted by Gasteiger charge is 2.34. The van der Waals surface area contributed by atoms with Crippen LogP contribution in [0.4, 0.5) is 4.39 Å². The third-order valence-electron chi connectivity index (χ3n) is 5.80. The molecular formula is C24H29FN2O3. The first kappa shape index (κ1) is 21.8. The van der Waals surface area contributed by atoms with Gasteiger partial charge in [0, 0.05) is 20.0 Å². The summed E-state index contributed by atoms with van der Waals surface area (Å²) in [6, 6.07) is 12.6. The number of benzene rings is 2. The number of piperidine rings is 1. The second-order valence-corrected chi connectivity index (χ2v) is 7.86. The van der Waals surface area contributed by atoms with E-state index in [0.717, 1.165) is 23.3 Å². The third-order valence-corrected chi connectivity index (χ3v) is 5.80. The summed E-state index contributed by atoms with van der Waals surface area (Å²) in [4.78, 5) is 26.7. The Morgan fingerprint density at radius 1 is 1.17 bits per heavy atom. The summed E-state index contributed by atoms with van der Waals surface area (Å²) in [5, 5.41) is 3.00.